The molecule has 0 aromatic heterocycles. The standard InChI is InChI=1S/C12H20O3/c1-2-14-8-11-6-9-5-10(11)3-4-15-12(13)7-9/h9-11H,2-8H2,1H3. The van der Waals surface area contributed by atoms with Gasteiger partial charge >= 0.3 is 5.97 Å². The molecule has 2 fully saturated rings. The average Bonchev–Trinajstić information content (AvgIpc) is 2.57. The van der Waals surface area contributed by atoms with Crippen LogP contribution in [0, 0.1) is 17.8 Å². The van der Waals surface area contributed by atoms with Crippen LogP contribution >= 0.6 is 0 Å². The van der Waals surface area contributed by atoms with E-state index in [2.05, 4.69) is 0 Å². The summed E-state index contributed by atoms with van der Waals surface area (Å²) in [4.78, 5) is 11.3. The lowest BCUT2D eigenvalue weighted by Crippen LogP contribution is -2.18. The minimum Gasteiger partial charge on any atom is -0.466 e. The summed E-state index contributed by atoms with van der Waals surface area (Å²) in [7, 11) is 0. The molecule has 2 bridgehead atoms. The molecule has 86 valence electrons. The van der Waals surface area contributed by atoms with E-state index in [4.69, 9.17) is 9.47 Å². The van der Waals surface area contributed by atoms with E-state index in [-0.39, 0.29) is 5.97 Å². The summed E-state index contributed by atoms with van der Waals surface area (Å²) in [6.45, 7) is 4.31. The van der Waals surface area contributed by atoms with Gasteiger partial charge in [-0.3, -0.25) is 4.79 Å². The fourth-order valence-corrected chi connectivity index (χ4v) is 2.95. The molecule has 1 heterocycles. The predicted molar refractivity (Wildman–Crippen MR) is 56.4 cm³/mol. The van der Waals surface area contributed by atoms with Gasteiger partial charge in [-0.2, -0.15) is 0 Å². The van der Waals surface area contributed by atoms with Crippen LogP contribution in [0.15, 0.2) is 0 Å². The van der Waals surface area contributed by atoms with E-state index in [1.165, 1.54) is 6.42 Å². The molecule has 1 aliphatic heterocycles. The number of esters is 1. The van der Waals surface area contributed by atoms with Crippen LogP contribution in [0.5, 0.6) is 0 Å². The maximum absolute atomic E-state index is 11.3. The third-order valence-corrected chi connectivity index (χ3v) is 3.68. The number of carbonyl (C=O) groups is 1. The van der Waals surface area contributed by atoms with Gasteiger partial charge in [-0.15, -0.1) is 0 Å². The number of hydrogen-bond acceptors (Lipinski definition) is 3. The molecular weight excluding hydrogens is 192 g/mol. The molecule has 3 heteroatoms. The highest BCUT2D eigenvalue weighted by atomic mass is 16.5. The number of cyclic esters (lactones) is 1. The van der Waals surface area contributed by atoms with Crippen molar-refractivity contribution in [1.82, 2.24) is 0 Å². The maximum atomic E-state index is 11.3. The first kappa shape index (κ1) is 10.9. The smallest absolute Gasteiger partial charge is 0.306 e. The van der Waals surface area contributed by atoms with Crippen molar-refractivity contribution >= 4 is 5.97 Å². The van der Waals surface area contributed by atoms with Gasteiger partial charge in [-0.25, -0.2) is 0 Å². The highest BCUT2D eigenvalue weighted by molar-refractivity contribution is 5.69. The first-order valence-electron chi connectivity index (χ1n) is 6.03. The van der Waals surface area contributed by atoms with Crippen LogP contribution in [0.1, 0.15) is 32.6 Å². The minimum absolute atomic E-state index is 0.00416. The van der Waals surface area contributed by atoms with Gasteiger partial charge in [-0.1, -0.05) is 0 Å². The Hall–Kier alpha value is -0.570. The van der Waals surface area contributed by atoms with Gasteiger partial charge in [0.05, 0.1) is 6.61 Å². The van der Waals surface area contributed by atoms with Gasteiger partial charge in [0.15, 0.2) is 0 Å². The van der Waals surface area contributed by atoms with Crippen molar-refractivity contribution < 1.29 is 14.3 Å². The Morgan fingerprint density at radius 1 is 1.47 bits per heavy atom. The lowest BCUT2D eigenvalue weighted by atomic mass is 9.94. The molecule has 0 aromatic rings. The summed E-state index contributed by atoms with van der Waals surface area (Å²) in [6, 6.07) is 0. The lowest BCUT2D eigenvalue weighted by Gasteiger charge is -2.19. The summed E-state index contributed by atoms with van der Waals surface area (Å²) in [5.41, 5.74) is 0. The van der Waals surface area contributed by atoms with Gasteiger partial charge in [0.1, 0.15) is 0 Å². The SMILES string of the molecule is CCOCC1CC2CC(=O)OCCC1C2. The lowest BCUT2D eigenvalue weighted by molar-refractivity contribution is -0.145. The van der Waals surface area contributed by atoms with Crippen molar-refractivity contribution in [2.75, 3.05) is 19.8 Å². The molecular formula is C12H20O3. The molecule has 0 radical (unpaired) electrons. The second-order valence-corrected chi connectivity index (χ2v) is 4.73. The van der Waals surface area contributed by atoms with E-state index in [0.29, 0.717) is 24.9 Å². The zero-order valence-electron chi connectivity index (χ0n) is 9.41. The minimum atomic E-state index is -0.00416. The van der Waals surface area contributed by atoms with Gasteiger partial charge in [-0.05, 0) is 43.9 Å². The Labute approximate surface area is 91.1 Å². The van der Waals surface area contributed by atoms with Crippen molar-refractivity contribution in [3.8, 4) is 0 Å². The first-order chi connectivity index (χ1) is 7.29. The monoisotopic (exact) mass is 212 g/mol. The number of rotatable bonds is 3. The Morgan fingerprint density at radius 2 is 2.33 bits per heavy atom. The molecule has 2 rings (SSSR count). The van der Waals surface area contributed by atoms with Crippen LogP contribution in [0.3, 0.4) is 0 Å². The molecule has 0 N–H and O–H groups in total. The number of hydrogen-bond donors (Lipinski definition) is 0. The molecule has 3 atom stereocenters. The fraction of sp³-hybridized carbons (Fsp3) is 0.917. The first-order valence-corrected chi connectivity index (χ1v) is 6.03. The van der Waals surface area contributed by atoms with Crippen LogP contribution in [-0.4, -0.2) is 25.8 Å². The zero-order chi connectivity index (χ0) is 10.7. The zero-order valence-corrected chi connectivity index (χ0v) is 9.41. The topological polar surface area (TPSA) is 35.5 Å². The highest BCUT2D eigenvalue weighted by Crippen LogP contribution is 2.41. The van der Waals surface area contributed by atoms with Crippen molar-refractivity contribution in [3.63, 3.8) is 0 Å². The fourth-order valence-electron chi connectivity index (χ4n) is 2.95. The van der Waals surface area contributed by atoms with Crippen LogP contribution in [0.2, 0.25) is 0 Å². The van der Waals surface area contributed by atoms with Crippen molar-refractivity contribution in [2.45, 2.75) is 32.6 Å². The molecule has 0 spiro atoms. The molecule has 0 amide bonds. The third kappa shape index (κ3) is 2.71. The largest absolute Gasteiger partial charge is 0.466 e. The Bertz CT molecular complexity index is 227. The van der Waals surface area contributed by atoms with E-state index in [0.717, 1.165) is 32.0 Å². The molecule has 2 aliphatic rings. The van der Waals surface area contributed by atoms with Crippen molar-refractivity contribution in [3.05, 3.63) is 0 Å². The van der Waals surface area contributed by atoms with Gasteiger partial charge < -0.3 is 9.47 Å². The van der Waals surface area contributed by atoms with Crippen LogP contribution < -0.4 is 0 Å². The van der Waals surface area contributed by atoms with Gasteiger partial charge in [0.2, 0.25) is 0 Å². The number of fused-ring (bicyclic) bond motifs is 2. The van der Waals surface area contributed by atoms with E-state index in [1.807, 2.05) is 6.92 Å². The summed E-state index contributed by atoms with van der Waals surface area (Å²) in [5, 5.41) is 0. The van der Waals surface area contributed by atoms with E-state index < -0.39 is 0 Å². The summed E-state index contributed by atoms with van der Waals surface area (Å²) < 4.78 is 10.6. The summed E-state index contributed by atoms with van der Waals surface area (Å²) in [6.07, 6.45) is 4.01. The van der Waals surface area contributed by atoms with E-state index >= 15 is 0 Å². The van der Waals surface area contributed by atoms with Crippen LogP contribution in [0.4, 0.5) is 0 Å². The molecule has 1 aliphatic carbocycles. The Kier molecular flexibility index (Phi) is 3.62. The highest BCUT2D eigenvalue weighted by Gasteiger charge is 2.36. The van der Waals surface area contributed by atoms with Crippen molar-refractivity contribution in [2.24, 2.45) is 17.8 Å². The molecule has 0 aromatic carbocycles. The molecule has 15 heavy (non-hydrogen) atoms. The van der Waals surface area contributed by atoms with Crippen LogP contribution in [0.25, 0.3) is 0 Å². The number of carbonyl (C=O) groups excluding carboxylic acids is 1. The normalized spacial score (nSPS) is 35.8. The molecule has 1 saturated carbocycles. The van der Waals surface area contributed by atoms with E-state index in [9.17, 15) is 4.79 Å². The van der Waals surface area contributed by atoms with E-state index in [1.54, 1.807) is 0 Å². The average molecular weight is 212 g/mol. The van der Waals surface area contributed by atoms with Crippen molar-refractivity contribution in [1.29, 1.82) is 0 Å². The van der Waals surface area contributed by atoms with Gasteiger partial charge in [0, 0.05) is 19.6 Å². The summed E-state index contributed by atoms with van der Waals surface area (Å²) >= 11 is 0. The van der Waals surface area contributed by atoms with Gasteiger partial charge in [0.25, 0.3) is 0 Å². The summed E-state index contributed by atoms with van der Waals surface area (Å²) in [5.74, 6) is 1.92. The second kappa shape index (κ2) is 4.97. The number of ether oxygens (including phenoxy) is 2. The van der Waals surface area contributed by atoms with Crippen LogP contribution in [-0.2, 0) is 14.3 Å². The molecule has 3 unspecified atom stereocenters. The predicted octanol–water partition coefficient (Wildman–Crippen LogP) is 2.00. The third-order valence-electron chi connectivity index (χ3n) is 3.68. The Balaban J connectivity index is 1.91. The quantitative estimate of drug-likeness (QED) is 0.671. The molecule has 3 nitrogen and oxygen atoms in total. The molecule has 1 saturated heterocycles. The maximum Gasteiger partial charge on any atom is 0.306 e. The second-order valence-electron chi connectivity index (χ2n) is 4.73. The Morgan fingerprint density at radius 3 is 3.13 bits per heavy atom.